The van der Waals surface area contributed by atoms with Gasteiger partial charge in [-0.15, -0.1) is 0 Å². The fourth-order valence-electron chi connectivity index (χ4n) is 4.04. The first kappa shape index (κ1) is 22.5. The number of nitrogens with one attached hydrogen (secondary N) is 1. The van der Waals surface area contributed by atoms with Gasteiger partial charge in [0, 0.05) is 22.1 Å². The minimum atomic E-state index is -1.19. The predicted octanol–water partition coefficient (Wildman–Crippen LogP) is 5.72. The van der Waals surface area contributed by atoms with Crippen LogP contribution in [0.4, 0.5) is 0 Å². The maximum Gasteiger partial charge on any atom is 0.251 e. The third-order valence-electron chi connectivity index (χ3n) is 6.03. The van der Waals surface area contributed by atoms with Gasteiger partial charge in [-0.2, -0.15) is 0 Å². The van der Waals surface area contributed by atoms with E-state index >= 15 is 0 Å². The second-order valence-corrected chi connectivity index (χ2v) is 10.0. The van der Waals surface area contributed by atoms with Gasteiger partial charge in [0.15, 0.2) is 0 Å². The number of benzene rings is 2. The van der Waals surface area contributed by atoms with Gasteiger partial charge < -0.3 is 9.73 Å². The summed E-state index contributed by atoms with van der Waals surface area (Å²) in [5, 5.41) is 3.18. The van der Waals surface area contributed by atoms with E-state index in [0.29, 0.717) is 28.7 Å². The first-order valence-electron chi connectivity index (χ1n) is 11.3. The Morgan fingerprint density at radius 1 is 1.00 bits per heavy atom. The molecular formula is C26H30N2O3S. The molecule has 1 aliphatic carbocycles. The molecule has 1 atom stereocenters. The largest absolute Gasteiger partial charge is 0.441 e. The minimum absolute atomic E-state index is 0.0266. The van der Waals surface area contributed by atoms with E-state index in [1.807, 2.05) is 62.4 Å². The van der Waals surface area contributed by atoms with Crippen molar-refractivity contribution in [2.24, 2.45) is 0 Å². The van der Waals surface area contributed by atoms with Crippen LogP contribution in [0.5, 0.6) is 0 Å². The fraction of sp³-hybridized carbons (Fsp3) is 0.385. The van der Waals surface area contributed by atoms with Crippen LogP contribution in [0.1, 0.15) is 65.9 Å². The van der Waals surface area contributed by atoms with Crippen LogP contribution >= 0.6 is 0 Å². The van der Waals surface area contributed by atoms with Crippen LogP contribution in [0.25, 0.3) is 11.5 Å². The van der Waals surface area contributed by atoms with Crippen LogP contribution in [-0.2, 0) is 16.6 Å². The Bertz CT molecular complexity index is 1080. The summed E-state index contributed by atoms with van der Waals surface area (Å²) in [7, 11) is -1.19. The summed E-state index contributed by atoms with van der Waals surface area (Å²) in [6.45, 7) is 3.85. The summed E-state index contributed by atoms with van der Waals surface area (Å²) >= 11 is 0. The highest BCUT2D eigenvalue weighted by molar-refractivity contribution is 7.84. The van der Waals surface area contributed by atoms with Gasteiger partial charge in [-0.3, -0.25) is 9.00 Å². The summed E-state index contributed by atoms with van der Waals surface area (Å²) in [5.74, 6) is 1.42. The quantitative estimate of drug-likeness (QED) is 0.488. The van der Waals surface area contributed by atoms with Crippen molar-refractivity contribution >= 4 is 16.7 Å². The monoisotopic (exact) mass is 450 g/mol. The lowest BCUT2D eigenvalue weighted by Crippen LogP contribution is -2.34. The molecule has 4 rings (SSSR count). The van der Waals surface area contributed by atoms with Crippen LogP contribution in [0, 0.1) is 13.8 Å². The van der Waals surface area contributed by atoms with Crippen molar-refractivity contribution in [2.75, 3.05) is 0 Å². The van der Waals surface area contributed by atoms with E-state index < -0.39 is 10.8 Å². The van der Waals surface area contributed by atoms with Crippen molar-refractivity contribution in [3.63, 3.8) is 0 Å². The molecule has 0 saturated heterocycles. The topological polar surface area (TPSA) is 72.2 Å². The number of hydrogen-bond acceptors (Lipinski definition) is 4. The zero-order valence-corrected chi connectivity index (χ0v) is 19.5. The molecule has 32 heavy (non-hydrogen) atoms. The van der Waals surface area contributed by atoms with Crippen LogP contribution in [0.3, 0.4) is 0 Å². The van der Waals surface area contributed by atoms with E-state index in [2.05, 4.69) is 10.3 Å². The smallest absolute Gasteiger partial charge is 0.251 e. The number of amides is 1. The molecule has 5 nitrogen and oxygen atoms in total. The van der Waals surface area contributed by atoms with Gasteiger partial charge in [0.25, 0.3) is 5.91 Å². The van der Waals surface area contributed by atoms with Gasteiger partial charge in [-0.25, -0.2) is 4.98 Å². The van der Waals surface area contributed by atoms with E-state index in [9.17, 15) is 9.00 Å². The van der Waals surface area contributed by atoms with Gasteiger partial charge in [0.2, 0.25) is 5.89 Å². The molecule has 1 aromatic heterocycles. The van der Waals surface area contributed by atoms with Crippen molar-refractivity contribution in [3.05, 3.63) is 71.1 Å². The lowest BCUT2D eigenvalue weighted by Gasteiger charge is -2.16. The summed E-state index contributed by atoms with van der Waals surface area (Å²) < 4.78 is 18.6. The SMILES string of the molecule is Cc1ccc(S(=O)Cc2nc(-c3ccc(C(=O)NC4CCCCCC4)cc3)oc2C)cc1. The second-order valence-electron chi connectivity index (χ2n) is 8.56. The van der Waals surface area contributed by atoms with Crippen molar-refractivity contribution in [3.8, 4) is 11.5 Å². The Labute approximate surface area is 192 Å². The second kappa shape index (κ2) is 10.3. The number of aromatic nitrogens is 1. The Morgan fingerprint density at radius 2 is 1.66 bits per heavy atom. The predicted molar refractivity (Wildman–Crippen MR) is 127 cm³/mol. The first-order chi connectivity index (χ1) is 15.5. The third-order valence-corrected chi connectivity index (χ3v) is 7.36. The fourth-order valence-corrected chi connectivity index (χ4v) is 5.16. The molecule has 1 heterocycles. The molecule has 0 bridgehead atoms. The van der Waals surface area contributed by atoms with E-state index in [1.165, 1.54) is 25.7 Å². The highest BCUT2D eigenvalue weighted by Crippen LogP contribution is 2.24. The molecule has 2 aromatic carbocycles. The number of aryl methyl sites for hydroxylation is 2. The van der Waals surface area contributed by atoms with Gasteiger partial charge in [-0.1, -0.05) is 43.4 Å². The zero-order valence-electron chi connectivity index (χ0n) is 18.7. The van der Waals surface area contributed by atoms with Gasteiger partial charge in [0.05, 0.1) is 22.2 Å². The first-order valence-corrected chi connectivity index (χ1v) is 12.6. The molecule has 0 radical (unpaired) electrons. The number of carbonyl (C=O) groups excluding carboxylic acids is 1. The van der Waals surface area contributed by atoms with Crippen LogP contribution in [0.2, 0.25) is 0 Å². The van der Waals surface area contributed by atoms with Crippen molar-refractivity contribution in [2.45, 2.75) is 69.1 Å². The number of rotatable bonds is 6. The highest BCUT2D eigenvalue weighted by atomic mass is 32.2. The molecule has 3 aromatic rings. The lowest BCUT2D eigenvalue weighted by molar-refractivity contribution is 0.0933. The van der Waals surface area contributed by atoms with Crippen molar-refractivity contribution < 1.29 is 13.4 Å². The van der Waals surface area contributed by atoms with Crippen LogP contribution < -0.4 is 5.32 Å². The van der Waals surface area contributed by atoms with E-state index in [0.717, 1.165) is 28.9 Å². The Kier molecular flexibility index (Phi) is 7.20. The highest BCUT2D eigenvalue weighted by Gasteiger charge is 2.18. The van der Waals surface area contributed by atoms with Crippen LogP contribution in [0.15, 0.2) is 57.8 Å². The Morgan fingerprint density at radius 3 is 2.31 bits per heavy atom. The number of oxazole rings is 1. The van der Waals surface area contributed by atoms with Crippen molar-refractivity contribution in [1.29, 1.82) is 0 Å². The number of hydrogen-bond donors (Lipinski definition) is 1. The third kappa shape index (κ3) is 5.54. The standard InChI is InChI=1S/C26H30N2O3S/c1-18-9-15-23(16-10-18)32(30)17-24-19(2)31-26(28-24)21-13-11-20(12-14-21)25(29)27-22-7-5-3-4-6-8-22/h9-16,22H,3-8,17H2,1-2H3,(H,27,29). The van der Waals surface area contributed by atoms with E-state index in [1.54, 1.807) is 0 Å². The van der Waals surface area contributed by atoms with E-state index in [4.69, 9.17) is 4.42 Å². The maximum atomic E-state index is 12.7. The number of nitrogens with zero attached hydrogens (tertiary/aromatic N) is 1. The Hall–Kier alpha value is -2.73. The molecule has 1 fully saturated rings. The molecule has 1 amide bonds. The molecule has 1 saturated carbocycles. The van der Waals surface area contributed by atoms with Crippen molar-refractivity contribution in [1.82, 2.24) is 10.3 Å². The summed E-state index contributed by atoms with van der Waals surface area (Å²) in [6, 6.07) is 15.3. The summed E-state index contributed by atoms with van der Waals surface area (Å²) in [6.07, 6.45) is 7.02. The molecular weight excluding hydrogens is 420 g/mol. The van der Waals surface area contributed by atoms with Gasteiger partial charge in [-0.05, 0) is 63.1 Å². The average Bonchev–Trinajstić information content (AvgIpc) is 2.98. The average molecular weight is 451 g/mol. The Balaban J connectivity index is 1.42. The number of carbonyl (C=O) groups is 1. The molecule has 1 aliphatic rings. The van der Waals surface area contributed by atoms with Gasteiger partial charge >= 0.3 is 0 Å². The molecule has 0 aliphatic heterocycles. The van der Waals surface area contributed by atoms with Gasteiger partial charge in [0.1, 0.15) is 5.76 Å². The molecule has 1 N–H and O–H groups in total. The molecule has 6 heteroatoms. The van der Waals surface area contributed by atoms with Crippen LogP contribution in [-0.4, -0.2) is 21.1 Å². The zero-order chi connectivity index (χ0) is 22.5. The lowest BCUT2D eigenvalue weighted by atomic mass is 10.1. The summed E-state index contributed by atoms with van der Waals surface area (Å²) in [5.41, 5.74) is 3.26. The summed E-state index contributed by atoms with van der Waals surface area (Å²) in [4.78, 5) is 18.0. The maximum absolute atomic E-state index is 12.7. The molecule has 0 spiro atoms. The normalized spacial score (nSPS) is 15.8. The molecule has 1 unspecified atom stereocenters. The molecule has 168 valence electrons. The van der Waals surface area contributed by atoms with E-state index in [-0.39, 0.29) is 11.9 Å². The minimum Gasteiger partial charge on any atom is -0.441 e.